The lowest BCUT2D eigenvalue weighted by Crippen LogP contribution is -2.47. The van der Waals surface area contributed by atoms with Gasteiger partial charge in [-0.05, 0) is 42.7 Å². The highest BCUT2D eigenvalue weighted by Gasteiger charge is 2.42. The van der Waals surface area contributed by atoms with Gasteiger partial charge < -0.3 is 15.4 Å². The number of benzene rings is 1. The summed E-state index contributed by atoms with van der Waals surface area (Å²) in [6.07, 6.45) is 3.20. The first-order chi connectivity index (χ1) is 17.3. The Labute approximate surface area is 210 Å². The number of carbonyl (C=O) groups excluding carboxylic acids is 2. The molecule has 1 aliphatic carbocycles. The minimum atomic E-state index is -4.14. The van der Waals surface area contributed by atoms with Crippen molar-refractivity contribution < 1.29 is 27.1 Å². The number of sulfonamides is 1. The molecule has 2 aliphatic rings. The van der Waals surface area contributed by atoms with Gasteiger partial charge in [0.15, 0.2) is 0 Å². The van der Waals surface area contributed by atoms with E-state index in [0.29, 0.717) is 15.8 Å². The summed E-state index contributed by atoms with van der Waals surface area (Å²) in [6.45, 7) is 0.386. The maximum atomic E-state index is 13.6. The van der Waals surface area contributed by atoms with Crippen molar-refractivity contribution in [3.63, 3.8) is 0 Å². The molecule has 2 aromatic heterocycles. The van der Waals surface area contributed by atoms with Gasteiger partial charge in [-0.2, -0.15) is 8.70 Å². The number of thiazole rings is 1. The minimum Gasteiger partial charge on any atom is -0.379 e. The monoisotopic (exact) mass is 533 g/mol. The number of hydrogen-bond donors (Lipinski definition) is 2. The molecule has 10 nitrogen and oxygen atoms in total. The smallest absolute Gasteiger partial charge is 0.247 e. The number of ether oxygens (including phenoxy) is 1. The van der Waals surface area contributed by atoms with Crippen LogP contribution >= 0.6 is 11.3 Å². The number of pyridine rings is 1. The molecule has 1 saturated heterocycles. The lowest BCUT2D eigenvalue weighted by molar-refractivity contribution is -0.126. The average molecular weight is 534 g/mol. The van der Waals surface area contributed by atoms with E-state index in [1.807, 2.05) is 0 Å². The number of hydrogen-bond acceptors (Lipinski definition) is 8. The van der Waals surface area contributed by atoms with Crippen molar-refractivity contribution in [2.45, 2.75) is 24.1 Å². The van der Waals surface area contributed by atoms with E-state index in [1.54, 1.807) is 24.3 Å². The zero-order valence-electron chi connectivity index (χ0n) is 19.1. The van der Waals surface area contributed by atoms with E-state index < -0.39 is 27.1 Å². The summed E-state index contributed by atoms with van der Waals surface area (Å²) in [6, 6.07) is 8.26. The third-order valence-electron chi connectivity index (χ3n) is 5.92. The van der Waals surface area contributed by atoms with Gasteiger partial charge in [0.1, 0.15) is 5.01 Å². The fourth-order valence-electron chi connectivity index (χ4n) is 3.87. The second-order valence-electron chi connectivity index (χ2n) is 8.60. The Morgan fingerprint density at radius 1 is 1.17 bits per heavy atom. The molecule has 0 spiro atoms. The van der Waals surface area contributed by atoms with Crippen LogP contribution in [0.25, 0.3) is 21.3 Å². The molecule has 1 unspecified atom stereocenters. The number of fused-ring (bicyclic) bond motifs is 1. The summed E-state index contributed by atoms with van der Waals surface area (Å²) in [5.74, 6) is -1.77. The molecule has 2 amide bonds. The van der Waals surface area contributed by atoms with Gasteiger partial charge >= 0.3 is 0 Å². The molecule has 0 radical (unpaired) electrons. The Bertz CT molecular complexity index is 1390. The third-order valence-corrected chi connectivity index (χ3v) is 9.27. The number of carbonyl (C=O) groups is 2. The van der Waals surface area contributed by atoms with Crippen LogP contribution < -0.4 is 10.6 Å². The van der Waals surface area contributed by atoms with Crippen molar-refractivity contribution in [2.24, 2.45) is 0 Å². The maximum absolute atomic E-state index is 13.6. The summed E-state index contributed by atoms with van der Waals surface area (Å²) < 4.78 is 47.6. The molecular weight excluding hydrogens is 509 g/mol. The highest BCUT2D eigenvalue weighted by molar-refractivity contribution is 7.90. The zero-order valence-corrected chi connectivity index (χ0v) is 20.8. The van der Waals surface area contributed by atoms with Crippen molar-refractivity contribution in [3.05, 3.63) is 47.5 Å². The summed E-state index contributed by atoms with van der Waals surface area (Å²) in [5, 5.41) is 3.74. The first-order valence-corrected chi connectivity index (χ1v) is 13.8. The molecule has 36 heavy (non-hydrogen) atoms. The Kier molecular flexibility index (Phi) is 6.97. The van der Waals surface area contributed by atoms with Crippen LogP contribution in [0.15, 0.2) is 36.5 Å². The van der Waals surface area contributed by atoms with Gasteiger partial charge in [0, 0.05) is 30.9 Å². The Morgan fingerprint density at radius 2 is 1.92 bits per heavy atom. The van der Waals surface area contributed by atoms with Crippen molar-refractivity contribution in [3.8, 4) is 11.1 Å². The molecule has 3 heterocycles. The largest absolute Gasteiger partial charge is 0.379 e. The van der Waals surface area contributed by atoms with Gasteiger partial charge in [0.2, 0.25) is 33.0 Å². The molecular formula is C23H24FN5O5S2. The molecule has 2 fully saturated rings. The number of nitrogens with one attached hydrogen (secondary N) is 2. The quantitative estimate of drug-likeness (QED) is 0.421. The molecule has 13 heteroatoms. The second-order valence-corrected chi connectivity index (χ2v) is 11.7. The van der Waals surface area contributed by atoms with Gasteiger partial charge in [-0.15, -0.1) is 11.3 Å². The lowest BCUT2D eigenvalue weighted by atomic mass is 10.1. The van der Waals surface area contributed by atoms with E-state index in [2.05, 4.69) is 20.6 Å². The van der Waals surface area contributed by atoms with Crippen LogP contribution in [-0.4, -0.2) is 73.4 Å². The number of halogens is 1. The third kappa shape index (κ3) is 5.38. The van der Waals surface area contributed by atoms with Gasteiger partial charge in [-0.3, -0.25) is 9.59 Å². The van der Waals surface area contributed by atoms with E-state index >= 15 is 0 Å². The highest BCUT2D eigenvalue weighted by Crippen LogP contribution is 2.35. The fourth-order valence-corrected chi connectivity index (χ4v) is 6.99. The normalized spacial score (nSPS) is 17.6. The van der Waals surface area contributed by atoms with Crippen LogP contribution in [0.4, 0.5) is 4.39 Å². The first kappa shape index (κ1) is 24.7. The molecule has 3 aromatic rings. The average Bonchev–Trinajstić information content (AvgIpc) is 3.59. The predicted molar refractivity (Wildman–Crippen MR) is 131 cm³/mol. The Hall–Kier alpha value is -3.00. The number of amides is 2. The molecule has 2 N–H and O–H groups in total. The molecule has 0 bridgehead atoms. The van der Waals surface area contributed by atoms with Crippen molar-refractivity contribution in [1.29, 1.82) is 0 Å². The summed E-state index contributed by atoms with van der Waals surface area (Å²) >= 11 is 1.09. The van der Waals surface area contributed by atoms with E-state index in [1.165, 1.54) is 16.6 Å². The molecule has 5 rings (SSSR count). The fraction of sp³-hybridized carbons (Fsp3) is 0.391. The van der Waals surface area contributed by atoms with E-state index in [4.69, 9.17) is 4.74 Å². The summed E-state index contributed by atoms with van der Waals surface area (Å²) in [7, 11) is -4.14. The van der Waals surface area contributed by atoms with Crippen LogP contribution in [0, 0.1) is 5.95 Å². The standard InChI is InChI=1S/C23H24FN5O5S2/c24-19-6-2-15(12-25-19)14-1-5-17-18(11-14)35-23(28-17)21(36(32,33)29-7-9-34-10-8-29)22(31)26-13-20(30)27-16-3-4-16/h1-2,5-6,11-12,16,21H,3-4,7-10,13H2,(H,26,31)(H,27,30). The SMILES string of the molecule is O=C(CNC(=O)C(c1nc2ccc(-c3ccc(F)nc3)cc2s1)S(=O)(=O)N1CCOCC1)NC1CC1. The molecule has 1 aliphatic heterocycles. The molecule has 1 aromatic carbocycles. The van der Waals surface area contributed by atoms with Crippen LogP contribution in [-0.2, 0) is 24.3 Å². The second kappa shape index (κ2) is 10.2. The van der Waals surface area contributed by atoms with E-state index in [0.717, 1.165) is 29.7 Å². The topological polar surface area (TPSA) is 131 Å². The van der Waals surface area contributed by atoms with Crippen molar-refractivity contribution in [2.75, 3.05) is 32.8 Å². The van der Waals surface area contributed by atoms with Crippen LogP contribution in [0.5, 0.6) is 0 Å². The predicted octanol–water partition coefficient (Wildman–Crippen LogP) is 1.60. The van der Waals surface area contributed by atoms with E-state index in [9.17, 15) is 22.4 Å². The van der Waals surface area contributed by atoms with Crippen LogP contribution in [0.1, 0.15) is 23.1 Å². The zero-order chi connectivity index (χ0) is 25.3. The Morgan fingerprint density at radius 3 is 2.61 bits per heavy atom. The van der Waals surface area contributed by atoms with Gasteiger partial charge in [-0.1, -0.05) is 6.07 Å². The molecule has 1 atom stereocenters. The van der Waals surface area contributed by atoms with Gasteiger partial charge in [0.05, 0.1) is 30.0 Å². The first-order valence-electron chi connectivity index (χ1n) is 11.5. The van der Waals surface area contributed by atoms with Crippen LogP contribution in [0.3, 0.4) is 0 Å². The minimum absolute atomic E-state index is 0.103. The lowest BCUT2D eigenvalue weighted by Gasteiger charge is -2.29. The highest BCUT2D eigenvalue weighted by atomic mass is 32.2. The Balaban J connectivity index is 1.46. The number of rotatable bonds is 8. The van der Waals surface area contributed by atoms with Crippen molar-refractivity contribution >= 4 is 43.4 Å². The van der Waals surface area contributed by atoms with Crippen LogP contribution in [0.2, 0.25) is 0 Å². The number of nitrogens with zero attached hydrogens (tertiary/aromatic N) is 3. The number of aromatic nitrogens is 2. The summed E-state index contributed by atoms with van der Waals surface area (Å²) in [4.78, 5) is 33.5. The van der Waals surface area contributed by atoms with E-state index in [-0.39, 0.29) is 49.8 Å². The maximum Gasteiger partial charge on any atom is 0.247 e. The number of morpholine rings is 1. The molecule has 190 valence electrons. The van der Waals surface area contributed by atoms with Gasteiger partial charge in [0.25, 0.3) is 0 Å². The summed E-state index contributed by atoms with van der Waals surface area (Å²) in [5.41, 5.74) is 1.96. The van der Waals surface area contributed by atoms with Crippen molar-refractivity contribution in [1.82, 2.24) is 24.9 Å². The van der Waals surface area contributed by atoms with Gasteiger partial charge in [-0.25, -0.2) is 18.4 Å². The molecule has 1 saturated carbocycles.